The lowest BCUT2D eigenvalue weighted by Gasteiger charge is -2.26. The molecule has 6 bridgehead atoms. The molecule has 2 aromatic heterocycles. The van der Waals surface area contributed by atoms with Gasteiger partial charge in [-0.3, -0.25) is 5.10 Å². The second-order valence-corrected chi connectivity index (χ2v) is 8.19. The molecule has 28 heavy (non-hydrogen) atoms. The number of hydrogen-bond donors (Lipinski definition) is 3. The molecule has 8 heteroatoms. The highest BCUT2D eigenvalue weighted by Gasteiger charge is 2.31. The molecule has 150 valence electrons. The van der Waals surface area contributed by atoms with Gasteiger partial charge in [-0.15, -0.1) is 0 Å². The van der Waals surface area contributed by atoms with E-state index in [0.717, 1.165) is 37.8 Å². The average Bonchev–Trinajstić information content (AvgIpc) is 3.27. The molecule has 4 rings (SSSR count). The lowest BCUT2D eigenvalue weighted by atomic mass is 9.99. The molecule has 1 amide bonds. The van der Waals surface area contributed by atoms with Gasteiger partial charge in [-0.2, -0.15) is 10.1 Å². The van der Waals surface area contributed by atoms with Crippen molar-refractivity contribution in [1.82, 2.24) is 20.5 Å². The number of carbonyl (C=O) groups is 1. The molecule has 0 aromatic carbocycles. The summed E-state index contributed by atoms with van der Waals surface area (Å²) in [6, 6.07) is 7.62. The van der Waals surface area contributed by atoms with Gasteiger partial charge in [0, 0.05) is 29.3 Å². The van der Waals surface area contributed by atoms with Crippen LogP contribution in [-0.2, 0) is 4.74 Å². The van der Waals surface area contributed by atoms with E-state index in [0.29, 0.717) is 30.0 Å². The summed E-state index contributed by atoms with van der Waals surface area (Å²) in [5.41, 5.74) is 0.682. The van der Waals surface area contributed by atoms with Gasteiger partial charge in [-0.1, -0.05) is 6.07 Å². The first kappa shape index (κ1) is 18.6. The maximum absolute atomic E-state index is 12.3. The molecule has 0 spiro atoms. The van der Waals surface area contributed by atoms with Crippen LogP contribution in [0.25, 0.3) is 0 Å². The normalized spacial score (nSPS) is 24.7. The van der Waals surface area contributed by atoms with Crippen LogP contribution in [0.5, 0.6) is 5.88 Å². The fourth-order valence-corrected chi connectivity index (χ4v) is 3.85. The Bertz CT molecular complexity index is 835. The first-order valence-corrected chi connectivity index (χ1v) is 9.88. The molecule has 2 aliphatic rings. The van der Waals surface area contributed by atoms with Crippen LogP contribution in [0.1, 0.15) is 57.6 Å². The molecule has 0 radical (unpaired) electrons. The number of pyridine rings is 1. The molecule has 1 fully saturated rings. The number of alkyl carbamates (subject to hydrolysis) is 1. The van der Waals surface area contributed by atoms with E-state index in [4.69, 9.17) is 9.47 Å². The molecular weight excluding hydrogens is 358 g/mol. The second kappa shape index (κ2) is 7.69. The lowest BCUT2D eigenvalue weighted by molar-refractivity contribution is 0.0911. The number of aromatic amines is 1. The van der Waals surface area contributed by atoms with E-state index < -0.39 is 0 Å². The van der Waals surface area contributed by atoms with Crippen LogP contribution in [-0.4, -0.2) is 39.5 Å². The van der Waals surface area contributed by atoms with E-state index in [2.05, 4.69) is 25.8 Å². The lowest BCUT2D eigenvalue weighted by Crippen LogP contribution is -2.44. The topological polar surface area (TPSA) is 101 Å². The number of anilines is 2. The Balaban J connectivity index is 1.54. The average molecular weight is 385 g/mol. The number of aromatic nitrogens is 3. The number of nitrogens with zero attached hydrogens (tertiary/aromatic N) is 2. The summed E-state index contributed by atoms with van der Waals surface area (Å²) in [6.45, 7) is 4.52. The Morgan fingerprint density at radius 1 is 1.21 bits per heavy atom. The maximum Gasteiger partial charge on any atom is 0.407 e. The summed E-state index contributed by atoms with van der Waals surface area (Å²) >= 11 is 0. The predicted octanol–water partition coefficient (Wildman–Crippen LogP) is 3.86. The summed E-state index contributed by atoms with van der Waals surface area (Å²) in [7, 11) is 0. The van der Waals surface area contributed by atoms with Crippen LogP contribution in [0.3, 0.4) is 0 Å². The number of hydrogen-bond acceptors (Lipinski definition) is 6. The third-order valence-electron chi connectivity index (χ3n) is 5.31. The molecule has 1 aliphatic carbocycles. The summed E-state index contributed by atoms with van der Waals surface area (Å²) in [5.74, 6) is 2.27. The van der Waals surface area contributed by atoms with Gasteiger partial charge in [-0.05, 0) is 52.0 Å². The van der Waals surface area contributed by atoms with Gasteiger partial charge in [0.15, 0.2) is 5.82 Å². The van der Waals surface area contributed by atoms with Crippen LogP contribution < -0.4 is 15.4 Å². The van der Waals surface area contributed by atoms with Crippen molar-refractivity contribution in [2.24, 2.45) is 0 Å². The number of rotatable bonds is 0. The summed E-state index contributed by atoms with van der Waals surface area (Å²) in [5, 5.41) is 13.6. The quantitative estimate of drug-likeness (QED) is 0.636. The van der Waals surface area contributed by atoms with Crippen LogP contribution in [0.15, 0.2) is 24.3 Å². The highest BCUT2D eigenvalue weighted by atomic mass is 16.6. The first-order valence-electron chi connectivity index (χ1n) is 9.88. The Morgan fingerprint density at radius 2 is 2.11 bits per heavy atom. The second-order valence-electron chi connectivity index (χ2n) is 8.19. The summed E-state index contributed by atoms with van der Waals surface area (Å²) in [6.07, 6.45) is 3.78. The molecule has 1 aliphatic heterocycles. The minimum Gasteiger partial charge on any atom is -0.478 e. The fraction of sp³-hybridized carbons (Fsp3) is 0.550. The monoisotopic (exact) mass is 385 g/mol. The minimum absolute atomic E-state index is 0.0684. The van der Waals surface area contributed by atoms with Gasteiger partial charge >= 0.3 is 6.09 Å². The molecule has 3 N–H and O–H groups in total. The first-order chi connectivity index (χ1) is 13.5. The van der Waals surface area contributed by atoms with Crippen molar-refractivity contribution in [3.05, 3.63) is 30.0 Å². The van der Waals surface area contributed by atoms with Crippen molar-refractivity contribution in [2.45, 2.75) is 63.5 Å². The number of nitrogens with one attached hydrogen (secondary N) is 3. The highest BCUT2D eigenvalue weighted by molar-refractivity contribution is 5.68. The molecule has 2 atom stereocenters. The van der Waals surface area contributed by atoms with Gasteiger partial charge in [-0.25, -0.2) is 4.79 Å². The van der Waals surface area contributed by atoms with Gasteiger partial charge in [0.1, 0.15) is 11.9 Å². The van der Waals surface area contributed by atoms with E-state index in [9.17, 15) is 4.79 Å². The molecule has 0 unspecified atom stereocenters. The largest absolute Gasteiger partial charge is 0.478 e. The van der Waals surface area contributed by atoms with Crippen LogP contribution in [0.4, 0.5) is 16.4 Å². The van der Waals surface area contributed by atoms with Crippen molar-refractivity contribution >= 4 is 17.7 Å². The Hall–Kier alpha value is -2.77. The predicted molar refractivity (Wildman–Crippen MR) is 105 cm³/mol. The standard InChI is InChI=1S/C20H27N5O3/c1-20(2)9-4-10-27-18-6-3-5-16(22-18)21-17-12-15(24-25-17)13-7-8-14(11-13)28-19(26)23-20/h3,5-6,12-14H,4,7-11H2,1-2H3,(H,23,26)(H2,21,22,24,25)/t13-,14+/m0/s1. The van der Waals surface area contributed by atoms with Crippen LogP contribution >= 0.6 is 0 Å². The van der Waals surface area contributed by atoms with E-state index in [1.165, 1.54) is 0 Å². The third kappa shape index (κ3) is 4.55. The Kier molecular flexibility index (Phi) is 5.11. The van der Waals surface area contributed by atoms with Crippen LogP contribution in [0.2, 0.25) is 0 Å². The smallest absolute Gasteiger partial charge is 0.407 e. The molecule has 1 saturated carbocycles. The Labute approximate surface area is 164 Å². The van der Waals surface area contributed by atoms with Crippen molar-refractivity contribution < 1.29 is 14.3 Å². The zero-order valence-corrected chi connectivity index (χ0v) is 16.3. The third-order valence-corrected chi connectivity index (χ3v) is 5.31. The fourth-order valence-electron chi connectivity index (χ4n) is 3.85. The molecule has 2 aromatic rings. The van der Waals surface area contributed by atoms with E-state index >= 15 is 0 Å². The van der Waals surface area contributed by atoms with Gasteiger partial charge < -0.3 is 20.1 Å². The Morgan fingerprint density at radius 3 is 3.00 bits per heavy atom. The molecule has 0 saturated heterocycles. The number of fused-ring (bicyclic) bond motifs is 7. The SMILES string of the molecule is CC1(C)CCCOc2cccc(n2)Nc2cc([nH]n2)[C@H]2CC[C@H](C2)OC(=O)N1. The van der Waals surface area contributed by atoms with Crippen molar-refractivity contribution in [2.75, 3.05) is 11.9 Å². The van der Waals surface area contributed by atoms with Gasteiger partial charge in [0.25, 0.3) is 0 Å². The highest BCUT2D eigenvalue weighted by Crippen LogP contribution is 2.36. The number of H-pyrrole nitrogens is 1. The van der Waals surface area contributed by atoms with Gasteiger partial charge in [0.05, 0.1) is 6.61 Å². The van der Waals surface area contributed by atoms with E-state index in [1.807, 2.05) is 38.1 Å². The molecule has 8 nitrogen and oxygen atoms in total. The molecular formula is C20H27N5O3. The van der Waals surface area contributed by atoms with Crippen molar-refractivity contribution in [3.63, 3.8) is 0 Å². The van der Waals surface area contributed by atoms with Crippen molar-refractivity contribution in [3.8, 4) is 5.88 Å². The summed E-state index contributed by atoms with van der Waals surface area (Å²) < 4.78 is 11.4. The summed E-state index contributed by atoms with van der Waals surface area (Å²) in [4.78, 5) is 16.8. The van der Waals surface area contributed by atoms with E-state index in [-0.39, 0.29) is 17.7 Å². The van der Waals surface area contributed by atoms with E-state index in [1.54, 1.807) is 0 Å². The zero-order chi connectivity index (χ0) is 19.6. The number of carbonyl (C=O) groups excluding carboxylic acids is 1. The minimum atomic E-state index is -0.362. The zero-order valence-electron chi connectivity index (χ0n) is 16.3. The number of ether oxygens (including phenoxy) is 2. The van der Waals surface area contributed by atoms with Crippen LogP contribution in [0, 0.1) is 0 Å². The van der Waals surface area contributed by atoms with Crippen molar-refractivity contribution in [1.29, 1.82) is 0 Å². The van der Waals surface area contributed by atoms with Gasteiger partial charge in [0.2, 0.25) is 5.88 Å². The number of amides is 1. The molecule has 3 heterocycles. The maximum atomic E-state index is 12.3.